The third-order valence-electron chi connectivity index (χ3n) is 5.21. The van der Waals surface area contributed by atoms with Crippen molar-refractivity contribution in [3.8, 4) is 22.6 Å². The Kier molecular flexibility index (Phi) is 6.73. The minimum absolute atomic E-state index is 0.0350. The lowest BCUT2D eigenvalue weighted by molar-refractivity contribution is 0.104. The highest BCUT2D eigenvalue weighted by Gasteiger charge is 2.21. The van der Waals surface area contributed by atoms with Crippen molar-refractivity contribution in [2.75, 3.05) is 19.0 Å². The predicted octanol–water partition coefficient (Wildman–Crippen LogP) is 7.28. The van der Waals surface area contributed by atoms with Crippen molar-refractivity contribution in [1.82, 2.24) is 0 Å². The zero-order valence-corrected chi connectivity index (χ0v) is 19.9. The van der Waals surface area contributed by atoms with Crippen molar-refractivity contribution in [3.05, 3.63) is 82.7 Å². The molecule has 0 N–H and O–H groups in total. The number of benzene rings is 3. The molecule has 4 aromatic rings. The average Bonchev–Trinajstić information content (AvgIpc) is 3.23. The first-order valence-electron chi connectivity index (χ1n) is 10.1. The number of hydrogen-bond donors (Lipinski definition) is 0. The number of aryl methyl sites for hydroxylation is 1. The number of thiophene rings is 1. The number of alkyl halides is 1. The number of fused-ring (bicyclic) bond motifs is 1. The molecule has 0 radical (unpaired) electrons. The molecule has 158 valence electrons. The van der Waals surface area contributed by atoms with Gasteiger partial charge in [-0.2, -0.15) is 0 Å². The van der Waals surface area contributed by atoms with E-state index < -0.39 is 0 Å². The van der Waals surface area contributed by atoms with Gasteiger partial charge in [0.05, 0.1) is 13.7 Å². The smallest absolute Gasteiger partial charge is 0.195 e. The third kappa shape index (κ3) is 4.53. The summed E-state index contributed by atoms with van der Waals surface area (Å²) in [5.41, 5.74) is 4.19. The molecule has 3 nitrogen and oxygen atoms in total. The highest BCUT2D eigenvalue weighted by molar-refractivity contribution is 9.09. The number of carbonyl (C=O) groups is 1. The van der Waals surface area contributed by atoms with Crippen LogP contribution in [0.15, 0.2) is 66.0 Å². The molecule has 0 fully saturated rings. The Morgan fingerprint density at radius 3 is 2.55 bits per heavy atom. The molecule has 0 saturated heterocycles. The molecule has 0 atom stereocenters. The lowest BCUT2D eigenvalue weighted by Gasteiger charge is -2.16. The van der Waals surface area contributed by atoms with Gasteiger partial charge in [0.15, 0.2) is 5.78 Å². The normalized spacial score (nSPS) is 10.9. The van der Waals surface area contributed by atoms with E-state index in [-0.39, 0.29) is 5.78 Å². The minimum Gasteiger partial charge on any atom is -0.497 e. The van der Waals surface area contributed by atoms with Crippen LogP contribution in [0.1, 0.15) is 27.9 Å². The second kappa shape index (κ2) is 9.67. The lowest BCUT2D eigenvalue weighted by Crippen LogP contribution is -2.07. The van der Waals surface area contributed by atoms with Gasteiger partial charge < -0.3 is 9.47 Å². The van der Waals surface area contributed by atoms with Gasteiger partial charge in [0.2, 0.25) is 0 Å². The van der Waals surface area contributed by atoms with Crippen LogP contribution in [0.2, 0.25) is 0 Å². The van der Waals surface area contributed by atoms with E-state index in [0.29, 0.717) is 12.2 Å². The maximum absolute atomic E-state index is 13.8. The topological polar surface area (TPSA) is 35.5 Å². The monoisotopic (exact) mass is 494 g/mol. The summed E-state index contributed by atoms with van der Waals surface area (Å²) >= 11 is 5.04. The summed E-state index contributed by atoms with van der Waals surface area (Å²) < 4.78 is 12.4. The molecule has 1 aromatic heterocycles. The fourth-order valence-electron chi connectivity index (χ4n) is 3.67. The second-order valence-corrected chi connectivity index (χ2v) is 8.96. The summed E-state index contributed by atoms with van der Waals surface area (Å²) in [4.78, 5) is 13.8. The van der Waals surface area contributed by atoms with Crippen molar-refractivity contribution in [2.24, 2.45) is 0 Å². The number of halogens is 1. The van der Waals surface area contributed by atoms with Gasteiger partial charge in [0.1, 0.15) is 11.5 Å². The average molecular weight is 495 g/mol. The summed E-state index contributed by atoms with van der Waals surface area (Å²) in [6.07, 6.45) is 0.915. The van der Waals surface area contributed by atoms with Crippen LogP contribution in [-0.4, -0.2) is 24.8 Å². The molecule has 0 unspecified atom stereocenters. The Hall–Kier alpha value is -2.63. The van der Waals surface area contributed by atoms with Gasteiger partial charge >= 0.3 is 0 Å². The minimum atomic E-state index is 0.0350. The molecule has 0 amide bonds. The highest BCUT2D eigenvalue weighted by Crippen LogP contribution is 2.36. The van der Waals surface area contributed by atoms with E-state index in [1.165, 1.54) is 0 Å². The number of ether oxygens (including phenoxy) is 2. The maximum Gasteiger partial charge on any atom is 0.195 e. The van der Waals surface area contributed by atoms with Crippen molar-refractivity contribution in [3.63, 3.8) is 0 Å². The van der Waals surface area contributed by atoms with E-state index in [4.69, 9.17) is 9.47 Å². The first-order chi connectivity index (χ1) is 15.1. The molecule has 0 aliphatic rings. The Labute approximate surface area is 194 Å². The summed E-state index contributed by atoms with van der Waals surface area (Å²) in [7, 11) is 1.65. The third-order valence-corrected chi connectivity index (χ3v) is 6.73. The van der Waals surface area contributed by atoms with E-state index in [2.05, 4.69) is 22.0 Å². The van der Waals surface area contributed by atoms with E-state index in [1.54, 1.807) is 18.4 Å². The Morgan fingerprint density at radius 2 is 1.81 bits per heavy atom. The van der Waals surface area contributed by atoms with Gasteiger partial charge in [0, 0.05) is 31.9 Å². The summed E-state index contributed by atoms with van der Waals surface area (Å²) in [5.74, 6) is 1.59. The molecular weight excluding hydrogens is 472 g/mol. The zero-order valence-electron chi connectivity index (χ0n) is 17.5. The van der Waals surface area contributed by atoms with Crippen molar-refractivity contribution < 1.29 is 14.3 Å². The van der Waals surface area contributed by atoms with Crippen LogP contribution in [0.3, 0.4) is 0 Å². The standard InChI is InChI=1S/C26H23BrO3S/c1-17-14-20(30-13-5-12-27)15-22(18-8-10-19(29-2)11-9-18)25(17)26(28)23-16-31-24-7-4-3-6-21(23)24/h3-4,6-11,14-16H,5,12-13H2,1-2H3. The first-order valence-corrected chi connectivity index (χ1v) is 12.1. The summed E-state index contributed by atoms with van der Waals surface area (Å²) in [5, 5.41) is 3.85. The molecule has 0 aliphatic carbocycles. The van der Waals surface area contributed by atoms with Gasteiger partial charge in [-0.3, -0.25) is 4.79 Å². The number of hydrogen-bond acceptors (Lipinski definition) is 4. The lowest BCUT2D eigenvalue weighted by atomic mass is 9.90. The van der Waals surface area contributed by atoms with E-state index in [1.807, 2.05) is 66.9 Å². The molecule has 0 spiro atoms. The molecule has 3 aromatic carbocycles. The molecular formula is C26H23BrO3S. The highest BCUT2D eigenvalue weighted by atomic mass is 79.9. The second-order valence-electron chi connectivity index (χ2n) is 7.26. The van der Waals surface area contributed by atoms with Gasteiger partial charge in [-0.15, -0.1) is 11.3 Å². The van der Waals surface area contributed by atoms with Crippen molar-refractivity contribution in [1.29, 1.82) is 0 Å². The SMILES string of the molecule is COc1ccc(-c2cc(OCCCBr)cc(C)c2C(=O)c2csc3ccccc23)cc1. The summed E-state index contributed by atoms with van der Waals surface area (Å²) in [6.45, 7) is 2.60. The Morgan fingerprint density at radius 1 is 1.03 bits per heavy atom. The van der Waals surface area contributed by atoms with Gasteiger partial charge in [-0.1, -0.05) is 46.3 Å². The van der Waals surface area contributed by atoms with Gasteiger partial charge in [-0.25, -0.2) is 0 Å². The molecule has 0 saturated carbocycles. The van der Waals surface area contributed by atoms with Crippen LogP contribution >= 0.6 is 27.3 Å². The largest absolute Gasteiger partial charge is 0.497 e. The number of methoxy groups -OCH3 is 1. The van der Waals surface area contributed by atoms with Crippen LogP contribution in [0.5, 0.6) is 11.5 Å². The molecule has 31 heavy (non-hydrogen) atoms. The van der Waals surface area contributed by atoms with E-state index in [9.17, 15) is 4.79 Å². The Balaban J connectivity index is 1.84. The van der Waals surface area contributed by atoms with Crippen molar-refractivity contribution in [2.45, 2.75) is 13.3 Å². The van der Waals surface area contributed by atoms with Crippen LogP contribution in [0, 0.1) is 6.92 Å². The molecule has 1 heterocycles. The van der Waals surface area contributed by atoms with Crippen molar-refractivity contribution >= 4 is 43.1 Å². The zero-order chi connectivity index (χ0) is 21.8. The number of rotatable bonds is 8. The fraction of sp³-hybridized carbons (Fsp3) is 0.192. The fourth-order valence-corrected chi connectivity index (χ4v) is 4.84. The van der Waals surface area contributed by atoms with Crippen LogP contribution in [-0.2, 0) is 0 Å². The van der Waals surface area contributed by atoms with Gasteiger partial charge in [-0.05, 0) is 60.4 Å². The Bertz CT molecular complexity index is 1210. The van der Waals surface area contributed by atoms with E-state index >= 15 is 0 Å². The molecule has 4 rings (SSSR count). The summed E-state index contributed by atoms with van der Waals surface area (Å²) in [6, 6.07) is 19.8. The number of ketones is 1. The quantitative estimate of drug-likeness (QED) is 0.146. The van der Waals surface area contributed by atoms with Gasteiger partial charge in [0.25, 0.3) is 0 Å². The van der Waals surface area contributed by atoms with Crippen LogP contribution in [0.4, 0.5) is 0 Å². The first kappa shape index (κ1) is 21.6. The molecule has 0 aliphatic heterocycles. The maximum atomic E-state index is 13.8. The number of carbonyl (C=O) groups excluding carboxylic acids is 1. The van der Waals surface area contributed by atoms with Crippen LogP contribution in [0.25, 0.3) is 21.2 Å². The molecule has 0 bridgehead atoms. The predicted molar refractivity (Wildman–Crippen MR) is 132 cm³/mol. The molecule has 5 heteroatoms. The van der Waals surface area contributed by atoms with E-state index in [0.717, 1.165) is 55.6 Å². The van der Waals surface area contributed by atoms with Crippen LogP contribution < -0.4 is 9.47 Å².